The van der Waals surface area contributed by atoms with Gasteiger partial charge in [0.25, 0.3) is 5.91 Å². The lowest BCUT2D eigenvalue weighted by molar-refractivity contribution is 0.0995. The van der Waals surface area contributed by atoms with Crippen molar-refractivity contribution in [3.8, 4) is 5.88 Å². The molecular formula is C26H35N7O2. The number of ether oxygens (including phenoxy) is 1. The van der Waals surface area contributed by atoms with E-state index < -0.39 is 5.91 Å². The molecule has 1 aromatic heterocycles. The Hall–Kier alpha value is -3.43. The van der Waals surface area contributed by atoms with Gasteiger partial charge in [0.15, 0.2) is 11.5 Å². The minimum absolute atomic E-state index is 0.00574. The molecule has 2 aliphatic rings. The average Bonchev–Trinajstić information content (AvgIpc) is 3.24. The molecule has 9 nitrogen and oxygen atoms in total. The highest BCUT2D eigenvalue weighted by Crippen LogP contribution is 2.30. The number of hydrogen-bond acceptors (Lipinski definition) is 8. The summed E-state index contributed by atoms with van der Waals surface area (Å²) in [6.07, 6.45) is 6.34. The number of nitrogens with zero attached hydrogens (tertiary/aromatic N) is 4. The van der Waals surface area contributed by atoms with Crippen molar-refractivity contribution >= 4 is 28.7 Å². The number of aromatic nitrogens is 2. The van der Waals surface area contributed by atoms with Crippen LogP contribution in [0.25, 0.3) is 5.57 Å². The molecule has 0 radical (unpaired) electrons. The minimum atomic E-state index is -0.666. The van der Waals surface area contributed by atoms with E-state index in [1.54, 1.807) is 6.08 Å². The number of benzene rings is 1. The second kappa shape index (κ2) is 10.9. The first-order valence-corrected chi connectivity index (χ1v) is 12.1. The van der Waals surface area contributed by atoms with E-state index >= 15 is 0 Å². The zero-order valence-electron chi connectivity index (χ0n) is 20.5. The van der Waals surface area contributed by atoms with Gasteiger partial charge in [-0.15, -0.1) is 0 Å². The van der Waals surface area contributed by atoms with Crippen LogP contribution in [0.3, 0.4) is 0 Å². The smallest absolute Gasteiger partial charge is 0.271 e. The lowest BCUT2D eigenvalue weighted by atomic mass is 10.1. The number of carbonyl (C=O) groups excluding carboxylic acids is 1. The minimum Gasteiger partial charge on any atom is -0.471 e. The number of likely N-dealkylation sites (N-methyl/N-ethyl adjacent to an activating group) is 1. The first-order chi connectivity index (χ1) is 16.8. The quantitative estimate of drug-likeness (QED) is 0.496. The van der Waals surface area contributed by atoms with E-state index in [4.69, 9.17) is 16.2 Å². The Bertz CT molecular complexity index is 1090. The number of amides is 1. The third kappa shape index (κ3) is 5.98. The number of piperidine rings is 1. The van der Waals surface area contributed by atoms with E-state index in [1.165, 1.54) is 0 Å². The zero-order chi connectivity index (χ0) is 24.9. The van der Waals surface area contributed by atoms with Crippen molar-refractivity contribution in [1.29, 1.82) is 0 Å². The number of hydrogen-bond donors (Lipinski definition) is 3. The van der Waals surface area contributed by atoms with Crippen LogP contribution >= 0.6 is 0 Å². The fourth-order valence-electron chi connectivity index (χ4n) is 4.47. The molecule has 5 N–H and O–H groups in total. The standard InChI is InChI=1S/C26H35N7O2/c1-4-5-17(2)22-26(35-21-12-13-32(3)16-21)31-25(23(30-22)24(28)34)29-19-6-8-20(9-7-19)33-14-10-18(27)11-15-33/h4-9,18,21H,1,10-16,27H2,2-3H3,(H2,28,34)(H,29,31)/b17-5+/t21-/m1/s1. The molecule has 186 valence electrons. The Morgan fingerprint density at radius 2 is 1.86 bits per heavy atom. The molecule has 0 unspecified atom stereocenters. The maximum atomic E-state index is 12.3. The molecular weight excluding hydrogens is 442 g/mol. The SMILES string of the molecule is C=C/C=C(\C)c1nc(C(N)=O)c(Nc2ccc(N3CCC(N)CC3)cc2)nc1O[C@@H]1CCN(C)C1. The Labute approximate surface area is 206 Å². The third-order valence-corrected chi connectivity index (χ3v) is 6.50. The molecule has 2 aliphatic heterocycles. The summed E-state index contributed by atoms with van der Waals surface area (Å²) in [5, 5.41) is 3.22. The number of rotatable bonds is 8. The normalized spacial score (nSPS) is 19.6. The lowest BCUT2D eigenvalue weighted by Crippen LogP contribution is -2.39. The van der Waals surface area contributed by atoms with E-state index in [0.717, 1.165) is 62.4 Å². The predicted molar refractivity (Wildman–Crippen MR) is 140 cm³/mol. The number of likely N-dealkylation sites (tertiary alicyclic amines) is 1. The Balaban J connectivity index is 1.62. The molecule has 1 aromatic carbocycles. The first-order valence-electron chi connectivity index (χ1n) is 12.1. The van der Waals surface area contributed by atoms with Gasteiger partial charge in [-0.05, 0) is 63.1 Å². The first kappa shape index (κ1) is 24.7. The van der Waals surface area contributed by atoms with Gasteiger partial charge >= 0.3 is 0 Å². The molecule has 0 spiro atoms. The van der Waals surface area contributed by atoms with Gasteiger partial charge in [-0.3, -0.25) is 4.79 Å². The van der Waals surface area contributed by atoms with E-state index in [9.17, 15) is 4.79 Å². The van der Waals surface area contributed by atoms with E-state index in [-0.39, 0.29) is 23.7 Å². The van der Waals surface area contributed by atoms with Crippen LogP contribution in [0.4, 0.5) is 17.2 Å². The van der Waals surface area contributed by atoms with Crippen LogP contribution in [0.1, 0.15) is 42.4 Å². The average molecular weight is 478 g/mol. The number of nitrogens with two attached hydrogens (primary N) is 2. The highest BCUT2D eigenvalue weighted by atomic mass is 16.5. The summed E-state index contributed by atoms with van der Waals surface area (Å²) in [6.45, 7) is 9.28. The molecule has 35 heavy (non-hydrogen) atoms. The topological polar surface area (TPSA) is 123 Å². The molecule has 2 saturated heterocycles. The summed E-state index contributed by atoms with van der Waals surface area (Å²) < 4.78 is 6.27. The Kier molecular flexibility index (Phi) is 7.67. The van der Waals surface area contributed by atoms with Crippen molar-refractivity contribution in [2.75, 3.05) is 43.4 Å². The van der Waals surface area contributed by atoms with Crippen molar-refractivity contribution in [2.24, 2.45) is 11.5 Å². The monoisotopic (exact) mass is 477 g/mol. The molecule has 2 fully saturated rings. The van der Waals surface area contributed by atoms with Gasteiger partial charge in [-0.25, -0.2) is 4.98 Å². The molecule has 1 atom stereocenters. The molecule has 4 rings (SSSR count). The van der Waals surface area contributed by atoms with Crippen molar-refractivity contribution < 1.29 is 9.53 Å². The van der Waals surface area contributed by atoms with Crippen LogP contribution in [-0.4, -0.2) is 66.1 Å². The van der Waals surface area contributed by atoms with E-state index in [2.05, 4.69) is 38.7 Å². The van der Waals surface area contributed by atoms with Crippen LogP contribution in [0.2, 0.25) is 0 Å². The lowest BCUT2D eigenvalue weighted by Gasteiger charge is -2.32. The van der Waals surface area contributed by atoms with Gasteiger partial charge in [0, 0.05) is 43.6 Å². The van der Waals surface area contributed by atoms with E-state index in [0.29, 0.717) is 11.6 Å². The Morgan fingerprint density at radius 3 is 2.46 bits per heavy atom. The Morgan fingerprint density at radius 1 is 1.14 bits per heavy atom. The van der Waals surface area contributed by atoms with Crippen LogP contribution in [0.5, 0.6) is 5.88 Å². The van der Waals surface area contributed by atoms with Gasteiger partial charge in [0.1, 0.15) is 11.8 Å². The van der Waals surface area contributed by atoms with Crippen molar-refractivity contribution in [2.45, 2.75) is 38.3 Å². The molecule has 3 heterocycles. The number of anilines is 3. The summed E-state index contributed by atoms with van der Waals surface area (Å²) >= 11 is 0. The number of primary amides is 1. The molecule has 2 aromatic rings. The van der Waals surface area contributed by atoms with Crippen LogP contribution in [-0.2, 0) is 0 Å². The summed E-state index contributed by atoms with van der Waals surface area (Å²) in [4.78, 5) is 26.1. The summed E-state index contributed by atoms with van der Waals surface area (Å²) in [5.41, 5.74) is 15.0. The van der Waals surface area contributed by atoms with Crippen LogP contribution < -0.4 is 26.4 Å². The van der Waals surface area contributed by atoms with Gasteiger partial charge in [0.05, 0.1) is 0 Å². The van der Waals surface area contributed by atoms with Crippen molar-refractivity contribution in [3.63, 3.8) is 0 Å². The fraction of sp³-hybridized carbons (Fsp3) is 0.423. The number of nitrogens with one attached hydrogen (secondary N) is 1. The maximum Gasteiger partial charge on any atom is 0.271 e. The molecule has 1 amide bonds. The maximum absolute atomic E-state index is 12.3. The predicted octanol–water partition coefficient (Wildman–Crippen LogP) is 2.92. The fourth-order valence-corrected chi connectivity index (χ4v) is 4.47. The van der Waals surface area contributed by atoms with E-state index in [1.807, 2.05) is 37.3 Å². The largest absolute Gasteiger partial charge is 0.471 e. The highest BCUT2D eigenvalue weighted by molar-refractivity contribution is 5.97. The van der Waals surface area contributed by atoms with Gasteiger partial charge < -0.3 is 31.3 Å². The zero-order valence-corrected chi connectivity index (χ0v) is 20.5. The molecule has 9 heteroatoms. The second-order valence-electron chi connectivity index (χ2n) is 9.31. The van der Waals surface area contributed by atoms with Gasteiger partial charge in [-0.2, -0.15) is 4.98 Å². The molecule has 0 saturated carbocycles. The van der Waals surface area contributed by atoms with Crippen LogP contribution in [0.15, 0.2) is 43.0 Å². The van der Waals surface area contributed by atoms with Gasteiger partial charge in [-0.1, -0.05) is 18.7 Å². The summed E-state index contributed by atoms with van der Waals surface area (Å²) in [6, 6.07) is 8.30. The third-order valence-electron chi connectivity index (χ3n) is 6.50. The highest BCUT2D eigenvalue weighted by Gasteiger charge is 2.26. The van der Waals surface area contributed by atoms with Gasteiger partial charge in [0.2, 0.25) is 5.88 Å². The van der Waals surface area contributed by atoms with Crippen molar-refractivity contribution in [3.05, 3.63) is 54.4 Å². The number of allylic oxidation sites excluding steroid dienone is 3. The molecule has 0 bridgehead atoms. The summed E-state index contributed by atoms with van der Waals surface area (Å²) in [5.74, 6) is -0.0264. The second-order valence-corrected chi connectivity index (χ2v) is 9.31. The molecule has 0 aliphatic carbocycles. The summed E-state index contributed by atoms with van der Waals surface area (Å²) in [7, 11) is 2.06. The number of carbonyl (C=O) groups is 1. The van der Waals surface area contributed by atoms with Crippen LogP contribution in [0, 0.1) is 0 Å². The van der Waals surface area contributed by atoms with Crippen molar-refractivity contribution in [1.82, 2.24) is 14.9 Å².